The Labute approximate surface area is 126 Å². The first-order valence-corrected chi connectivity index (χ1v) is 7.71. The first-order valence-electron chi connectivity index (χ1n) is 7.08. The fraction of sp³-hybridized carbons (Fsp3) is 0.786. The van der Waals surface area contributed by atoms with E-state index >= 15 is 0 Å². The molecule has 0 saturated carbocycles. The summed E-state index contributed by atoms with van der Waals surface area (Å²) in [6.07, 6.45) is 3.14. The fourth-order valence-electron chi connectivity index (χ4n) is 1.81. The van der Waals surface area contributed by atoms with Crippen molar-refractivity contribution in [3.8, 4) is 0 Å². The van der Waals surface area contributed by atoms with Crippen molar-refractivity contribution in [2.45, 2.75) is 51.5 Å². The summed E-state index contributed by atoms with van der Waals surface area (Å²) in [6, 6.07) is -0.673. The van der Waals surface area contributed by atoms with Gasteiger partial charge in [-0.1, -0.05) is 0 Å². The Morgan fingerprint density at radius 3 is 2.35 bits per heavy atom. The van der Waals surface area contributed by atoms with Gasteiger partial charge < -0.3 is 10.6 Å². The number of amides is 1. The van der Waals surface area contributed by atoms with Crippen LogP contribution in [0.4, 0.5) is 0 Å². The number of hydrogen-bond donors (Lipinski definition) is 3. The highest BCUT2D eigenvalue weighted by Gasteiger charge is 2.21. The van der Waals surface area contributed by atoms with Gasteiger partial charge in [-0.05, 0) is 45.5 Å². The molecule has 1 amide bonds. The van der Waals surface area contributed by atoms with E-state index in [0.29, 0.717) is 19.3 Å². The van der Waals surface area contributed by atoms with Crippen LogP contribution >= 0.6 is 12.6 Å². The van der Waals surface area contributed by atoms with E-state index in [0.717, 1.165) is 25.1 Å². The second kappa shape index (κ2) is 11.9. The molecule has 0 aromatic heterocycles. The van der Waals surface area contributed by atoms with Crippen LogP contribution in [0.2, 0.25) is 0 Å². The van der Waals surface area contributed by atoms with Crippen molar-refractivity contribution in [3.05, 3.63) is 0 Å². The molecule has 0 aliphatic heterocycles. The predicted molar refractivity (Wildman–Crippen MR) is 83.1 cm³/mol. The lowest BCUT2D eigenvalue weighted by atomic mass is 10.0. The van der Waals surface area contributed by atoms with E-state index in [1.807, 2.05) is 7.05 Å². The minimum absolute atomic E-state index is 0.0713. The maximum absolute atomic E-state index is 12.0. The number of hydrogen-bond acceptors (Lipinski definition) is 5. The summed E-state index contributed by atoms with van der Waals surface area (Å²) in [6.45, 7) is 2.18. The van der Waals surface area contributed by atoms with Crippen LogP contribution in [-0.2, 0) is 14.4 Å². The second-order valence-corrected chi connectivity index (χ2v) is 5.33. The summed E-state index contributed by atoms with van der Waals surface area (Å²) < 4.78 is 0. The summed E-state index contributed by atoms with van der Waals surface area (Å²) in [5.74, 6) is 0.415. The van der Waals surface area contributed by atoms with Gasteiger partial charge in [-0.2, -0.15) is 12.6 Å². The minimum Gasteiger partial charge on any atom is -0.346 e. The molecule has 20 heavy (non-hydrogen) atoms. The number of thiol groups is 1. The second-order valence-electron chi connectivity index (χ2n) is 4.88. The monoisotopic (exact) mass is 302 g/mol. The standard InChI is InChI=1S/C14H26N2O3S/c1-11(17)10-12(13(18)6-5-8-15-2)16-14(19)7-3-4-9-20/h12,15,20H,3-10H2,1-2H3,(H,16,19)/t12-/m0/s1. The van der Waals surface area contributed by atoms with Crippen molar-refractivity contribution >= 4 is 30.1 Å². The molecule has 0 unspecified atom stereocenters. The highest BCUT2D eigenvalue weighted by Crippen LogP contribution is 2.04. The van der Waals surface area contributed by atoms with Crippen LogP contribution in [0.3, 0.4) is 0 Å². The van der Waals surface area contributed by atoms with Crippen LogP contribution in [0.1, 0.15) is 45.4 Å². The van der Waals surface area contributed by atoms with E-state index in [1.165, 1.54) is 6.92 Å². The van der Waals surface area contributed by atoms with E-state index in [9.17, 15) is 14.4 Å². The lowest BCUT2D eigenvalue weighted by Crippen LogP contribution is -2.42. The minimum atomic E-state index is -0.673. The van der Waals surface area contributed by atoms with Gasteiger partial charge in [0.05, 0.1) is 6.04 Å². The van der Waals surface area contributed by atoms with Crippen LogP contribution in [-0.4, -0.2) is 42.9 Å². The molecule has 0 fully saturated rings. The zero-order chi connectivity index (χ0) is 15.4. The lowest BCUT2D eigenvalue weighted by Gasteiger charge is -2.16. The Bertz CT molecular complexity index is 322. The van der Waals surface area contributed by atoms with Crippen LogP contribution < -0.4 is 10.6 Å². The molecule has 0 aliphatic rings. The van der Waals surface area contributed by atoms with Gasteiger partial charge in [0.15, 0.2) is 5.78 Å². The molecular formula is C14H26N2O3S. The Morgan fingerprint density at radius 2 is 1.80 bits per heavy atom. The number of ketones is 2. The van der Waals surface area contributed by atoms with E-state index in [-0.39, 0.29) is 23.9 Å². The smallest absolute Gasteiger partial charge is 0.220 e. The molecule has 5 nitrogen and oxygen atoms in total. The van der Waals surface area contributed by atoms with Crippen molar-refractivity contribution in [2.75, 3.05) is 19.3 Å². The summed E-state index contributed by atoms with van der Waals surface area (Å²) >= 11 is 4.08. The van der Waals surface area contributed by atoms with Gasteiger partial charge >= 0.3 is 0 Å². The lowest BCUT2D eigenvalue weighted by molar-refractivity contribution is -0.129. The van der Waals surface area contributed by atoms with E-state index < -0.39 is 6.04 Å². The molecular weight excluding hydrogens is 276 g/mol. The van der Waals surface area contributed by atoms with Gasteiger partial charge in [0, 0.05) is 19.3 Å². The van der Waals surface area contributed by atoms with Crippen molar-refractivity contribution < 1.29 is 14.4 Å². The Hall–Kier alpha value is -0.880. The molecule has 0 heterocycles. The molecule has 0 radical (unpaired) electrons. The first-order chi connectivity index (χ1) is 9.51. The van der Waals surface area contributed by atoms with Gasteiger partial charge in [0.1, 0.15) is 5.78 Å². The average Bonchev–Trinajstić information content (AvgIpc) is 2.38. The topological polar surface area (TPSA) is 75.3 Å². The third-order valence-corrected chi connectivity index (χ3v) is 3.19. The van der Waals surface area contributed by atoms with Crippen molar-refractivity contribution in [2.24, 2.45) is 0 Å². The highest BCUT2D eigenvalue weighted by molar-refractivity contribution is 7.80. The Kier molecular flexibility index (Phi) is 11.4. The Balaban J connectivity index is 4.28. The largest absolute Gasteiger partial charge is 0.346 e. The van der Waals surface area contributed by atoms with E-state index in [1.54, 1.807) is 0 Å². The SMILES string of the molecule is CNCCCC(=O)[C@H](CC(C)=O)NC(=O)CCCCS. The number of nitrogens with one attached hydrogen (secondary N) is 2. The Morgan fingerprint density at radius 1 is 1.10 bits per heavy atom. The molecule has 116 valence electrons. The summed E-state index contributed by atoms with van der Waals surface area (Å²) in [5, 5.41) is 5.64. The quantitative estimate of drug-likeness (QED) is 0.373. The molecule has 2 N–H and O–H groups in total. The molecule has 0 aliphatic carbocycles. The molecule has 0 rings (SSSR count). The number of carbonyl (C=O) groups excluding carboxylic acids is 3. The number of rotatable bonds is 12. The van der Waals surface area contributed by atoms with Crippen LogP contribution in [0.25, 0.3) is 0 Å². The highest BCUT2D eigenvalue weighted by atomic mass is 32.1. The molecule has 1 atom stereocenters. The maximum Gasteiger partial charge on any atom is 0.220 e. The van der Waals surface area contributed by atoms with Crippen LogP contribution in [0.15, 0.2) is 0 Å². The van der Waals surface area contributed by atoms with Crippen molar-refractivity contribution in [3.63, 3.8) is 0 Å². The van der Waals surface area contributed by atoms with Crippen LogP contribution in [0.5, 0.6) is 0 Å². The van der Waals surface area contributed by atoms with Crippen molar-refractivity contribution in [1.82, 2.24) is 10.6 Å². The predicted octanol–water partition coefficient (Wildman–Crippen LogP) is 1.12. The number of Topliss-reactive ketones (excluding diaryl/α,β-unsaturated/α-hetero) is 2. The third-order valence-electron chi connectivity index (χ3n) is 2.88. The molecule has 0 aromatic carbocycles. The van der Waals surface area contributed by atoms with Gasteiger partial charge in [0.25, 0.3) is 0 Å². The van der Waals surface area contributed by atoms with Gasteiger partial charge in [-0.15, -0.1) is 0 Å². The van der Waals surface area contributed by atoms with Crippen molar-refractivity contribution in [1.29, 1.82) is 0 Å². The van der Waals surface area contributed by atoms with Gasteiger partial charge in [-0.3, -0.25) is 14.4 Å². The van der Waals surface area contributed by atoms with Crippen LogP contribution in [0, 0.1) is 0 Å². The zero-order valence-corrected chi connectivity index (χ0v) is 13.3. The third kappa shape index (κ3) is 9.97. The maximum atomic E-state index is 12.0. The average molecular weight is 302 g/mol. The normalized spacial score (nSPS) is 11.9. The molecule has 6 heteroatoms. The summed E-state index contributed by atoms with van der Waals surface area (Å²) in [4.78, 5) is 34.9. The first kappa shape index (κ1) is 19.1. The molecule has 0 aromatic rings. The summed E-state index contributed by atoms with van der Waals surface area (Å²) in [5.41, 5.74) is 0. The van der Waals surface area contributed by atoms with E-state index in [4.69, 9.17) is 0 Å². The molecule has 0 saturated heterocycles. The fourth-order valence-corrected chi connectivity index (χ4v) is 2.03. The van der Waals surface area contributed by atoms with E-state index in [2.05, 4.69) is 23.3 Å². The van der Waals surface area contributed by atoms with Gasteiger partial charge in [-0.25, -0.2) is 0 Å². The molecule has 0 spiro atoms. The van der Waals surface area contributed by atoms with Gasteiger partial charge in [0.2, 0.25) is 5.91 Å². The number of unbranched alkanes of at least 4 members (excludes halogenated alkanes) is 1. The molecule has 0 bridgehead atoms. The zero-order valence-electron chi connectivity index (χ0n) is 12.4. The summed E-state index contributed by atoms with van der Waals surface area (Å²) in [7, 11) is 1.82. The number of carbonyl (C=O) groups is 3.